The predicted molar refractivity (Wildman–Crippen MR) is 154 cm³/mol. The lowest BCUT2D eigenvalue weighted by molar-refractivity contribution is -0.139. The third-order valence-corrected chi connectivity index (χ3v) is 7.32. The van der Waals surface area contributed by atoms with Crippen LogP contribution >= 0.6 is 11.6 Å². The molecule has 1 atom stereocenters. The number of rotatable bonds is 10. The molecule has 1 fully saturated rings. The first-order valence-corrected chi connectivity index (χ1v) is 13.5. The molecule has 14 heteroatoms. The Kier molecular flexibility index (Phi) is 11.1. The number of methoxy groups -OCH3 is 1. The van der Waals surface area contributed by atoms with Crippen LogP contribution in [0, 0.1) is 0 Å². The van der Waals surface area contributed by atoms with Gasteiger partial charge in [-0.2, -0.15) is 4.98 Å². The van der Waals surface area contributed by atoms with Gasteiger partial charge in [-0.3, -0.25) is 4.90 Å². The van der Waals surface area contributed by atoms with Crippen LogP contribution < -0.4 is 16.0 Å². The Bertz CT molecular complexity index is 1300. The van der Waals surface area contributed by atoms with E-state index in [0.717, 1.165) is 32.1 Å². The van der Waals surface area contributed by atoms with Crippen LogP contribution in [-0.2, 0) is 30.8 Å². The number of hydrogen-bond acceptors (Lipinski definition) is 11. The number of esters is 2. The topological polar surface area (TPSA) is 169 Å². The fourth-order valence-electron chi connectivity index (χ4n) is 5.07. The zero-order chi connectivity index (χ0) is 28.8. The second-order valence-corrected chi connectivity index (χ2v) is 9.90. The molecule has 1 aromatic heterocycles. The Morgan fingerprint density at radius 2 is 1.85 bits per heavy atom. The standard InChI is InChI=1S/C27H36ClN7O5.H2O/c1-5-40-25(37)23-20(30-17(2)21(24(36)38-4)22(23)18-8-6-7-9-19(18)28)16-39-15-14-34-10-12-35(13-11-34)27-31-26(29)32-33(27)3;/h6-9,22,30H,5,10-16H2,1-4H3,(H2,29,32);1H2. The number of nitrogens with zero attached hydrogens (tertiary/aromatic N) is 5. The first-order chi connectivity index (χ1) is 19.2. The lowest BCUT2D eigenvalue weighted by Crippen LogP contribution is -2.48. The molecule has 41 heavy (non-hydrogen) atoms. The highest BCUT2D eigenvalue weighted by Gasteiger charge is 2.39. The summed E-state index contributed by atoms with van der Waals surface area (Å²) >= 11 is 6.56. The molecule has 4 rings (SSSR count). The van der Waals surface area contributed by atoms with Gasteiger partial charge >= 0.3 is 11.9 Å². The minimum atomic E-state index is -0.775. The summed E-state index contributed by atoms with van der Waals surface area (Å²) in [6.07, 6.45) is 0. The molecule has 2 aliphatic rings. The Balaban J connectivity index is 0.00000462. The van der Waals surface area contributed by atoms with Gasteiger partial charge in [-0.1, -0.05) is 29.8 Å². The average molecular weight is 592 g/mol. The van der Waals surface area contributed by atoms with Crippen molar-refractivity contribution in [3.05, 3.63) is 57.4 Å². The van der Waals surface area contributed by atoms with E-state index in [9.17, 15) is 9.59 Å². The van der Waals surface area contributed by atoms with Gasteiger partial charge in [-0.15, -0.1) is 5.10 Å². The van der Waals surface area contributed by atoms with Crippen molar-refractivity contribution < 1.29 is 29.3 Å². The Labute approximate surface area is 244 Å². The van der Waals surface area contributed by atoms with Crippen LogP contribution in [0.15, 0.2) is 46.8 Å². The average Bonchev–Trinajstić information content (AvgIpc) is 3.28. The number of nitrogens with two attached hydrogens (primary N) is 1. The van der Waals surface area contributed by atoms with Gasteiger partial charge in [0.1, 0.15) is 0 Å². The van der Waals surface area contributed by atoms with E-state index >= 15 is 0 Å². The van der Waals surface area contributed by atoms with Crippen LogP contribution in [0.4, 0.5) is 11.9 Å². The largest absolute Gasteiger partial charge is 0.466 e. The predicted octanol–water partition coefficient (Wildman–Crippen LogP) is 1.02. The van der Waals surface area contributed by atoms with Crippen molar-refractivity contribution in [2.24, 2.45) is 7.05 Å². The van der Waals surface area contributed by atoms with E-state index in [1.165, 1.54) is 7.11 Å². The third kappa shape index (κ3) is 7.17. The molecule has 2 aliphatic heterocycles. The second kappa shape index (κ2) is 14.3. The summed E-state index contributed by atoms with van der Waals surface area (Å²) in [4.78, 5) is 34.9. The van der Waals surface area contributed by atoms with Gasteiger partial charge in [0.05, 0.1) is 49.7 Å². The van der Waals surface area contributed by atoms with Crippen molar-refractivity contribution in [1.82, 2.24) is 25.0 Å². The molecule has 5 N–H and O–H groups in total. The molecule has 0 spiro atoms. The highest BCUT2D eigenvalue weighted by molar-refractivity contribution is 6.31. The van der Waals surface area contributed by atoms with Crippen molar-refractivity contribution >= 4 is 35.4 Å². The van der Waals surface area contributed by atoms with Gasteiger partial charge < -0.3 is 35.6 Å². The Hall–Kier alpha value is -3.65. The molecule has 1 unspecified atom stereocenters. The van der Waals surface area contributed by atoms with Crippen LogP contribution in [0.3, 0.4) is 0 Å². The fourth-order valence-corrected chi connectivity index (χ4v) is 5.32. The van der Waals surface area contributed by atoms with E-state index in [0.29, 0.717) is 40.7 Å². The second-order valence-electron chi connectivity index (χ2n) is 9.50. The first-order valence-electron chi connectivity index (χ1n) is 13.2. The smallest absolute Gasteiger partial charge is 0.336 e. The number of dihydropyridines is 1. The maximum atomic E-state index is 13.3. The molecular formula is C27H38ClN7O6. The summed E-state index contributed by atoms with van der Waals surface area (Å²) in [5, 5.41) is 7.75. The van der Waals surface area contributed by atoms with Crippen molar-refractivity contribution in [2.75, 3.05) is 70.3 Å². The van der Waals surface area contributed by atoms with Crippen LogP contribution in [0.1, 0.15) is 25.3 Å². The normalized spacial score (nSPS) is 17.7. The molecule has 2 aromatic rings. The van der Waals surface area contributed by atoms with Crippen LogP contribution in [0.25, 0.3) is 0 Å². The number of benzene rings is 1. The lowest BCUT2D eigenvalue weighted by Gasteiger charge is -2.35. The molecule has 13 nitrogen and oxygen atoms in total. The highest BCUT2D eigenvalue weighted by atomic mass is 35.5. The number of ether oxygens (including phenoxy) is 3. The van der Waals surface area contributed by atoms with E-state index < -0.39 is 17.9 Å². The summed E-state index contributed by atoms with van der Waals surface area (Å²) in [6, 6.07) is 7.12. The quantitative estimate of drug-likeness (QED) is 0.299. The molecule has 0 bridgehead atoms. The summed E-state index contributed by atoms with van der Waals surface area (Å²) < 4.78 is 18.2. The van der Waals surface area contributed by atoms with Crippen LogP contribution in [0.5, 0.6) is 0 Å². The number of carbonyl (C=O) groups excluding carboxylic acids is 2. The van der Waals surface area contributed by atoms with Gasteiger partial charge in [-0.05, 0) is 25.5 Å². The van der Waals surface area contributed by atoms with Crippen LogP contribution in [0.2, 0.25) is 5.02 Å². The maximum Gasteiger partial charge on any atom is 0.336 e. The van der Waals surface area contributed by atoms with Gasteiger partial charge in [0, 0.05) is 50.5 Å². The summed E-state index contributed by atoms with van der Waals surface area (Å²) in [7, 11) is 3.14. The molecular weight excluding hydrogens is 554 g/mol. The number of aryl methyl sites for hydroxylation is 1. The van der Waals surface area contributed by atoms with E-state index in [4.69, 9.17) is 31.5 Å². The van der Waals surface area contributed by atoms with Crippen molar-refractivity contribution in [3.63, 3.8) is 0 Å². The maximum absolute atomic E-state index is 13.3. The highest BCUT2D eigenvalue weighted by Crippen LogP contribution is 2.41. The lowest BCUT2D eigenvalue weighted by atomic mass is 9.80. The number of nitrogens with one attached hydrogen (secondary N) is 1. The van der Waals surface area contributed by atoms with Gasteiger partial charge in [0.15, 0.2) is 0 Å². The monoisotopic (exact) mass is 591 g/mol. The number of halogens is 1. The van der Waals surface area contributed by atoms with Crippen LogP contribution in [-0.4, -0.2) is 96.7 Å². The Morgan fingerprint density at radius 3 is 2.46 bits per heavy atom. The van der Waals surface area contributed by atoms with Crippen molar-refractivity contribution in [3.8, 4) is 0 Å². The summed E-state index contributed by atoms with van der Waals surface area (Å²) in [5.41, 5.74) is 7.98. The molecule has 1 aromatic carbocycles. The SMILES string of the molecule is CCOC(=O)C1=C(COCCN2CCN(c3nc(N)nn3C)CC2)NC(C)=C(C(=O)OC)C1c1ccccc1Cl.O. The van der Waals surface area contributed by atoms with Crippen molar-refractivity contribution in [2.45, 2.75) is 19.8 Å². The zero-order valence-corrected chi connectivity index (χ0v) is 24.5. The zero-order valence-electron chi connectivity index (χ0n) is 23.8. The van der Waals surface area contributed by atoms with E-state index in [-0.39, 0.29) is 30.2 Å². The number of nitrogen functional groups attached to an aromatic ring is 1. The third-order valence-electron chi connectivity index (χ3n) is 6.97. The van der Waals surface area contributed by atoms with E-state index in [1.807, 2.05) is 13.1 Å². The van der Waals surface area contributed by atoms with E-state index in [2.05, 4.69) is 25.2 Å². The number of aromatic nitrogens is 3. The number of hydrogen-bond donors (Lipinski definition) is 2. The van der Waals surface area contributed by atoms with Gasteiger partial charge in [0.2, 0.25) is 11.9 Å². The molecule has 0 radical (unpaired) electrons. The molecule has 224 valence electrons. The molecule has 1 saturated heterocycles. The summed E-state index contributed by atoms with van der Waals surface area (Å²) in [5.74, 6) is -0.852. The van der Waals surface area contributed by atoms with E-state index in [1.54, 1.807) is 36.7 Å². The number of allylic oxidation sites excluding steroid dienone is 1. The Morgan fingerprint density at radius 1 is 1.15 bits per heavy atom. The van der Waals surface area contributed by atoms with Gasteiger partial charge in [-0.25, -0.2) is 14.3 Å². The van der Waals surface area contributed by atoms with Crippen molar-refractivity contribution in [1.29, 1.82) is 0 Å². The molecule has 0 aliphatic carbocycles. The van der Waals surface area contributed by atoms with Gasteiger partial charge in [0.25, 0.3) is 0 Å². The molecule has 3 heterocycles. The number of carbonyl (C=O) groups is 2. The minimum absolute atomic E-state index is 0. The minimum Gasteiger partial charge on any atom is -0.466 e. The molecule has 0 amide bonds. The first kappa shape index (κ1) is 31.9. The summed E-state index contributed by atoms with van der Waals surface area (Å²) in [6.45, 7) is 8.23. The molecule has 0 saturated carbocycles. The fraction of sp³-hybridized carbons (Fsp3) is 0.481. The number of piperazine rings is 1. The number of anilines is 2.